The number of hydrogen-bond acceptors (Lipinski definition) is 3. The van der Waals surface area contributed by atoms with E-state index in [9.17, 15) is 4.79 Å². The Morgan fingerprint density at radius 3 is 2.58 bits per heavy atom. The van der Waals surface area contributed by atoms with Crippen molar-refractivity contribution in [1.82, 2.24) is 9.78 Å². The monoisotopic (exact) mass is 507 g/mol. The number of hydrogen-bond donors (Lipinski definition) is 1. The lowest BCUT2D eigenvalue weighted by atomic mass is 10.2. The van der Waals surface area contributed by atoms with Gasteiger partial charge in [0.25, 0.3) is 5.91 Å². The third-order valence-corrected chi connectivity index (χ3v) is 6.86. The van der Waals surface area contributed by atoms with Gasteiger partial charge in [-0.2, -0.15) is 5.10 Å². The van der Waals surface area contributed by atoms with Crippen molar-refractivity contribution in [3.05, 3.63) is 65.3 Å². The summed E-state index contributed by atoms with van der Waals surface area (Å²) in [5.74, 6) is 0.0707. The average molecular weight is 510 g/mol. The van der Waals surface area contributed by atoms with Crippen LogP contribution in [0.5, 0.6) is 0 Å². The minimum absolute atomic E-state index is 0.259. The molecule has 0 unspecified atom stereocenters. The maximum Gasteiger partial charge on any atom is 0.267 e. The Hall–Kier alpha value is -0.860. The number of rotatable bonds is 4. The summed E-state index contributed by atoms with van der Waals surface area (Å²) >= 11 is 20.1. The number of aromatic nitrogens is 2. The molecule has 3 aromatic rings. The van der Waals surface area contributed by atoms with E-state index >= 15 is 0 Å². The Kier molecular flexibility index (Phi) is 5.66. The molecule has 2 aromatic heterocycles. The lowest BCUT2D eigenvalue weighted by Gasteiger charge is -2.02. The number of benzene rings is 1. The molecule has 1 aromatic carbocycles. The van der Waals surface area contributed by atoms with Gasteiger partial charge >= 0.3 is 0 Å². The molecule has 0 aliphatic carbocycles. The van der Waals surface area contributed by atoms with E-state index in [0.717, 1.165) is 13.8 Å². The summed E-state index contributed by atoms with van der Waals surface area (Å²) in [7, 11) is 0. The van der Waals surface area contributed by atoms with Crippen LogP contribution < -0.4 is 5.32 Å². The largest absolute Gasteiger partial charge is 0.303 e. The third kappa shape index (κ3) is 4.21. The van der Waals surface area contributed by atoms with Gasteiger partial charge in [0.2, 0.25) is 0 Å². The Balaban J connectivity index is 1.74. The van der Waals surface area contributed by atoms with Crippen LogP contribution in [0.15, 0.2) is 44.8 Å². The van der Waals surface area contributed by atoms with Gasteiger partial charge < -0.3 is 5.32 Å². The number of carbonyl (C=O) groups excluding carboxylic acids is 1. The smallest absolute Gasteiger partial charge is 0.267 e. The van der Waals surface area contributed by atoms with Crippen LogP contribution in [0, 0.1) is 0 Å². The van der Waals surface area contributed by atoms with Gasteiger partial charge in [0, 0.05) is 15.7 Å². The molecule has 0 radical (unpaired) electrons. The van der Waals surface area contributed by atoms with Crippen molar-refractivity contribution in [1.29, 1.82) is 0 Å². The van der Waals surface area contributed by atoms with Crippen LogP contribution in [-0.2, 0) is 6.54 Å². The molecule has 0 fully saturated rings. The minimum Gasteiger partial charge on any atom is -0.303 e. The van der Waals surface area contributed by atoms with Crippen LogP contribution in [0.2, 0.25) is 10.0 Å². The molecule has 4 nitrogen and oxygen atoms in total. The van der Waals surface area contributed by atoms with Gasteiger partial charge in [-0.3, -0.25) is 9.48 Å². The summed E-state index contributed by atoms with van der Waals surface area (Å²) in [5.41, 5.74) is 1.03. The summed E-state index contributed by atoms with van der Waals surface area (Å²) < 4.78 is 3.35. The molecule has 0 spiro atoms. The predicted molar refractivity (Wildman–Crippen MR) is 105 cm³/mol. The molecule has 0 saturated heterocycles. The molecule has 0 saturated carbocycles. The van der Waals surface area contributed by atoms with E-state index in [2.05, 4.69) is 42.3 Å². The number of nitrogens with one attached hydrogen (secondary N) is 1. The Bertz CT molecular complexity index is 873. The van der Waals surface area contributed by atoms with Crippen molar-refractivity contribution < 1.29 is 4.79 Å². The number of amides is 1. The molecule has 0 bridgehead atoms. The number of anilines is 1. The van der Waals surface area contributed by atoms with Crippen molar-refractivity contribution in [2.24, 2.45) is 0 Å². The molecule has 24 heavy (non-hydrogen) atoms. The van der Waals surface area contributed by atoms with Gasteiger partial charge in [0.1, 0.15) is 5.02 Å². The van der Waals surface area contributed by atoms with Crippen LogP contribution in [0.1, 0.15) is 15.2 Å². The van der Waals surface area contributed by atoms with Crippen molar-refractivity contribution >= 4 is 78.1 Å². The molecule has 1 amide bonds. The maximum atomic E-state index is 12.3. The first-order chi connectivity index (χ1) is 11.4. The fourth-order valence-corrected chi connectivity index (χ4v) is 4.22. The molecule has 2 heterocycles. The molecular formula is C15H9Br2Cl2N3OS. The molecular weight excluding hydrogens is 501 g/mol. The standard InChI is InChI=1S/C15H9Br2Cl2N3OS/c16-10-5-12(24-13(10)17)15(23)20-14-11(19)7-22(21-14)6-8-1-3-9(18)4-2-8/h1-5,7H,6H2,(H,20,21,23). The van der Waals surface area contributed by atoms with Gasteiger partial charge in [-0.25, -0.2) is 0 Å². The quantitative estimate of drug-likeness (QED) is 0.463. The SMILES string of the molecule is O=C(Nc1nn(Cc2ccc(Cl)cc2)cc1Cl)c1cc(Br)c(Br)s1. The molecule has 0 aliphatic heterocycles. The van der Waals surface area contributed by atoms with Crippen LogP contribution >= 0.6 is 66.4 Å². The second kappa shape index (κ2) is 7.58. The summed E-state index contributed by atoms with van der Waals surface area (Å²) in [6.07, 6.45) is 1.67. The second-order valence-corrected chi connectivity index (χ2v) is 8.90. The van der Waals surface area contributed by atoms with E-state index in [1.165, 1.54) is 11.3 Å². The number of thiophene rings is 1. The normalized spacial score (nSPS) is 10.8. The summed E-state index contributed by atoms with van der Waals surface area (Å²) in [4.78, 5) is 12.8. The molecule has 3 rings (SSSR count). The van der Waals surface area contributed by atoms with Crippen LogP contribution in [0.3, 0.4) is 0 Å². The fourth-order valence-electron chi connectivity index (χ4n) is 1.97. The number of halogens is 4. The number of nitrogens with zero attached hydrogens (tertiary/aromatic N) is 2. The molecule has 1 N–H and O–H groups in total. The summed E-state index contributed by atoms with van der Waals surface area (Å²) in [6.45, 7) is 0.531. The van der Waals surface area contributed by atoms with Crippen molar-refractivity contribution in [3.8, 4) is 0 Å². The van der Waals surface area contributed by atoms with E-state index in [-0.39, 0.29) is 5.91 Å². The first-order valence-corrected chi connectivity index (χ1v) is 9.82. The van der Waals surface area contributed by atoms with Gasteiger partial charge in [-0.15, -0.1) is 11.3 Å². The summed E-state index contributed by atoms with van der Waals surface area (Å²) in [6, 6.07) is 9.20. The van der Waals surface area contributed by atoms with Crippen LogP contribution in [0.4, 0.5) is 5.82 Å². The topological polar surface area (TPSA) is 46.9 Å². The third-order valence-electron chi connectivity index (χ3n) is 3.08. The van der Waals surface area contributed by atoms with Gasteiger partial charge in [-0.1, -0.05) is 35.3 Å². The van der Waals surface area contributed by atoms with E-state index in [0.29, 0.717) is 27.3 Å². The predicted octanol–water partition coefficient (Wildman–Crippen LogP) is 6.08. The average Bonchev–Trinajstić information content (AvgIpc) is 3.05. The molecule has 0 atom stereocenters. The second-order valence-electron chi connectivity index (χ2n) is 4.84. The minimum atomic E-state index is -0.259. The van der Waals surface area contributed by atoms with Crippen LogP contribution in [-0.4, -0.2) is 15.7 Å². The zero-order valence-corrected chi connectivity index (χ0v) is 17.4. The zero-order chi connectivity index (χ0) is 17.3. The fraction of sp³-hybridized carbons (Fsp3) is 0.0667. The first-order valence-electron chi connectivity index (χ1n) is 6.66. The Labute approximate surface area is 169 Å². The highest BCUT2D eigenvalue weighted by Crippen LogP contribution is 2.33. The van der Waals surface area contributed by atoms with Gasteiger partial charge in [-0.05, 0) is 55.6 Å². The highest BCUT2D eigenvalue weighted by molar-refractivity contribution is 9.13. The molecule has 0 aliphatic rings. The van der Waals surface area contributed by atoms with E-state index in [1.54, 1.807) is 16.9 Å². The van der Waals surface area contributed by atoms with E-state index in [1.807, 2.05) is 24.3 Å². The van der Waals surface area contributed by atoms with Crippen LogP contribution in [0.25, 0.3) is 0 Å². The van der Waals surface area contributed by atoms with Gasteiger partial charge in [0.15, 0.2) is 5.82 Å². The highest BCUT2D eigenvalue weighted by Gasteiger charge is 2.16. The zero-order valence-electron chi connectivity index (χ0n) is 11.9. The summed E-state index contributed by atoms with van der Waals surface area (Å²) in [5, 5.41) is 8.11. The van der Waals surface area contributed by atoms with Crippen molar-refractivity contribution in [2.75, 3.05) is 5.32 Å². The van der Waals surface area contributed by atoms with Crippen molar-refractivity contribution in [2.45, 2.75) is 6.54 Å². The molecule has 9 heteroatoms. The number of carbonyl (C=O) groups is 1. The Morgan fingerprint density at radius 1 is 1.25 bits per heavy atom. The Morgan fingerprint density at radius 2 is 1.96 bits per heavy atom. The van der Waals surface area contributed by atoms with Gasteiger partial charge in [0.05, 0.1) is 15.2 Å². The first kappa shape index (κ1) is 17.9. The maximum absolute atomic E-state index is 12.3. The van der Waals surface area contributed by atoms with E-state index in [4.69, 9.17) is 23.2 Å². The highest BCUT2D eigenvalue weighted by atomic mass is 79.9. The molecule has 124 valence electrons. The lowest BCUT2D eigenvalue weighted by Crippen LogP contribution is -2.11. The lowest BCUT2D eigenvalue weighted by molar-refractivity contribution is 0.103. The van der Waals surface area contributed by atoms with E-state index < -0.39 is 0 Å². The van der Waals surface area contributed by atoms with Crippen molar-refractivity contribution in [3.63, 3.8) is 0 Å².